The van der Waals surface area contributed by atoms with Crippen molar-refractivity contribution in [2.24, 2.45) is 11.8 Å². The van der Waals surface area contributed by atoms with Crippen LogP contribution in [0.3, 0.4) is 0 Å². The average Bonchev–Trinajstić information content (AvgIpc) is 2.69. The number of benzene rings is 1. The van der Waals surface area contributed by atoms with Gasteiger partial charge in [0.1, 0.15) is 0 Å². The lowest BCUT2D eigenvalue weighted by atomic mass is 9.83. The Bertz CT molecular complexity index is 577. The van der Waals surface area contributed by atoms with E-state index in [9.17, 15) is 0 Å². The summed E-state index contributed by atoms with van der Waals surface area (Å²) in [6.45, 7) is 5.51. The molecule has 2 aromatic rings. The molecule has 0 atom stereocenters. The maximum Gasteiger partial charge on any atom is 0.201 e. The minimum absolute atomic E-state index is 0.666. The summed E-state index contributed by atoms with van der Waals surface area (Å²) in [7, 11) is 0. The Morgan fingerprint density at radius 3 is 2.74 bits per heavy atom. The summed E-state index contributed by atoms with van der Waals surface area (Å²) in [6, 6.07) is 6.37. The van der Waals surface area contributed by atoms with Gasteiger partial charge in [-0.2, -0.15) is 0 Å². The largest absolute Gasteiger partial charge is 0.369 e. The second kappa shape index (κ2) is 4.87. The second-order valence-corrected chi connectivity index (χ2v) is 6.20. The highest BCUT2D eigenvalue weighted by Crippen LogP contribution is 2.31. The molecule has 3 nitrogen and oxygen atoms in total. The predicted octanol–water partition coefficient (Wildman–Crippen LogP) is 3.75. The van der Waals surface area contributed by atoms with Gasteiger partial charge in [-0.25, -0.2) is 4.98 Å². The molecule has 1 aromatic heterocycles. The van der Waals surface area contributed by atoms with E-state index in [0.29, 0.717) is 5.95 Å². The van der Waals surface area contributed by atoms with Crippen molar-refractivity contribution in [3.63, 3.8) is 0 Å². The minimum atomic E-state index is 0.666. The van der Waals surface area contributed by atoms with Gasteiger partial charge in [-0.15, -0.1) is 0 Å². The summed E-state index contributed by atoms with van der Waals surface area (Å²) >= 11 is 0. The molecule has 0 spiro atoms. The highest BCUT2D eigenvalue weighted by atomic mass is 15.2. The molecule has 1 aromatic carbocycles. The van der Waals surface area contributed by atoms with Gasteiger partial charge < -0.3 is 10.3 Å². The molecule has 3 heteroatoms. The molecule has 1 fully saturated rings. The van der Waals surface area contributed by atoms with Crippen molar-refractivity contribution >= 4 is 17.0 Å². The maximum atomic E-state index is 6.10. The standard InChI is InChI=1S/C16H23N3/c1-11-3-6-13(7-4-11)10-19-15-9-12(2)5-8-14(15)18-16(19)17/h5,8-9,11,13H,3-4,6-7,10H2,1-2H3,(H2,17,18). The number of imidazole rings is 1. The highest BCUT2D eigenvalue weighted by Gasteiger charge is 2.20. The first-order chi connectivity index (χ1) is 9.13. The second-order valence-electron chi connectivity index (χ2n) is 6.20. The predicted molar refractivity (Wildman–Crippen MR) is 80.0 cm³/mol. The van der Waals surface area contributed by atoms with Crippen LogP contribution in [0.2, 0.25) is 0 Å². The zero-order valence-electron chi connectivity index (χ0n) is 11.9. The third-order valence-corrected chi connectivity index (χ3v) is 4.51. The van der Waals surface area contributed by atoms with Gasteiger partial charge in [0.15, 0.2) is 0 Å². The molecular formula is C16H23N3. The van der Waals surface area contributed by atoms with Crippen LogP contribution in [0.1, 0.15) is 38.2 Å². The number of hydrogen-bond donors (Lipinski definition) is 1. The smallest absolute Gasteiger partial charge is 0.201 e. The molecule has 1 aliphatic rings. The summed E-state index contributed by atoms with van der Waals surface area (Å²) in [6.07, 6.45) is 5.37. The fourth-order valence-corrected chi connectivity index (χ4v) is 3.21. The quantitative estimate of drug-likeness (QED) is 0.890. The summed E-state index contributed by atoms with van der Waals surface area (Å²) in [5.74, 6) is 2.33. The van der Waals surface area contributed by atoms with Crippen LogP contribution in [0.15, 0.2) is 18.2 Å². The van der Waals surface area contributed by atoms with E-state index in [2.05, 4.69) is 41.6 Å². The molecular weight excluding hydrogens is 234 g/mol. The molecule has 3 rings (SSSR count). The zero-order chi connectivity index (χ0) is 13.4. The SMILES string of the molecule is Cc1ccc2nc(N)n(CC3CCC(C)CC3)c2c1. The van der Waals surface area contributed by atoms with Crippen molar-refractivity contribution in [3.8, 4) is 0 Å². The Labute approximate surface area is 114 Å². The van der Waals surface area contributed by atoms with E-state index in [1.54, 1.807) is 0 Å². The van der Waals surface area contributed by atoms with Crippen LogP contribution in [0.25, 0.3) is 11.0 Å². The Morgan fingerprint density at radius 2 is 2.00 bits per heavy atom. The van der Waals surface area contributed by atoms with Gasteiger partial charge in [-0.3, -0.25) is 0 Å². The van der Waals surface area contributed by atoms with E-state index in [-0.39, 0.29) is 0 Å². The van der Waals surface area contributed by atoms with E-state index in [0.717, 1.165) is 23.9 Å². The lowest BCUT2D eigenvalue weighted by molar-refractivity contribution is 0.267. The molecule has 1 heterocycles. The number of rotatable bonds is 2. The lowest BCUT2D eigenvalue weighted by Crippen LogP contribution is -2.18. The fourth-order valence-electron chi connectivity index (χ4n) is 3.21. The first kappa shape index (κ1) is 12.5. The topological polar surface area (TPSA) is 43.8 Å². The van der Waals surface area contributed by atoms with Crippen LogP contribution < -0.4 is 5.73 Å². The van der Waals surface area contributed by atoms with Gasteiger partial charge in [-0.1, -0.05) is 25.8 Å². The van der Waals surface area contributed by atoms with Crippen molar-refractivity contribution in [3.05, 3.63) is 23.8 Å². The third-order valence-electron chi connectivity index (χ3n) is 4.51. The molecule has 2 N–H and O–H groups in total. The number of anilines is 1. The molecule has 102 valence electrons. The summed E-state index contributed by atoms with van der Waals surface area (Å²) < 4.78 is 2.21. The summed E-state index contributed by atoms with van der Waals surface area (Å²) in [5.41, 5.74) is 9.58. The van der Waals surface area contributed by atoms with Crippen molar-refractivity contribution in [2.75, 3.05) is 5.73 Å². The number of aryl methyl sites for hydroxylation is 1. The van der Waals surface area contributed by atoms with Crippen molar-refractivity contribution < 1.29 is 0 Å². The van der Waals surface area contributed by atoms with Crippen LogP contribution in [0.4, 0.5) is 5.95 Å². The summed E-state index contributed by atoms with van der Waals surface area (Å²) in [5, 5.41) is 0. The van der Waals surface area contributed by atoms with Gasteiger partial charge in [0.05, 0.1) is 11.0 Å². The minimum Gasteiger partial charge on any atom is -0.369 e. The number of nitrogen functional groups attached to an aromatic ring is 1. The normalized spacial score (nSPS) is 23.9. The molecule has 1 saturated carbocycles. The average molecular weight is 257 g/mol. The molecule has 0 unspecified atom stereocenters. The van der Waals surface area contributed by atoms with Crippen LogP contribution in [-0.4, -0.2) is 9.55 Å². The monoisotopic (exact) mass is 257 g/mol. The molecule has 19 heavy (non-hydrogen) atoms. The Hall–Kier alpha value is -1.51. The number of nitrogens with zero attached hydrogens (tertiary/aromatic N) is 2. The molecule has 0 aliphatic heterocycles. The van der Waals surface area contributed by atoms with E-state index in [4.69, 9.17) is 5.73 Å². The van der Waals surface area contributed by atoms with Crippen molar-refractivity contribution in [1.82, 2.24) is 9.55 Å². The van der Waals surface area contributed by atoms with E-state index in [1.807, 2.05) is 0 Å². The Kier molecular flexibility index (Phi) is 3.21. The third kappa shape index (κ3) is 2.46. The van der Waals surface area contributed by atoms with Crippen molar-refractivity contribution in [2.45, 2.75) is 46.1 Å². The zero-order valence-corrected chi connectivity index (χ0v) is 11.9. The van der Waals surface area contributed by atoms with Gasteiger partial charge >= 0.3 is 0 Å². The number of nitrogens with two attached hydrogens (primary N) is 1. The molecule has 0 bridgehead atoms. The number of aromatic nitrogens is 2. The van der Waals surface area contributed by atoms with Crippen LogP contribution in [0, 0.1) is 18.8 Å². The van der Waals surface area contributed by atoms with E-state index >= 15 is 0 Å². The molecule has 0 radical (unpaired) electrons. The molecule has 0 amide bonds. The summed E-state index contributed by atoms with van der Waals surface area (Å²) in [4.78, 5) is 4.48. The highest BCUT2D eigenvalue weighted by molar-refractivity contribution is 5.79. The van der Waals surface area contributed by atoms with Gasteiger partial charge in [0.25, 0.3) is 0 Å². The fraction of sp³-hybridized carbons (Fsp3) is 0.562. The first-order valence-corrected chi connectivity index (χ1v) is 7.36. The van der Waals surface area contributed by atoms with Crippen LogP contribution in [-0.2, 0) is 6.54 Å². The molecule has 0 saturated heterocycles. The van der Waals surface area contributed by atoms with E-state index < -0.39 is 0 Å². The number of fused-ring (bicyclic) bond motifs is 1. The lowest BCUT2D eigenvalue weighted by Gasteiger charge is -2.26. The molecule has 1 aliphatic carbocycles. The Balaban J connectivity index is 1.87. The maximum absolute atomic E-state index is 6.10. The first-order valence-electron chi connectivity index (χ1n) is 7.36. The van der Waals surface area contributed by atoms with Gasteiger partial charge in [0.2, 0.25) is 5.95 Å². The van der Waals surface area contributed by atoms with E-state index in [1.165, 1.54) is 36.8 Å². The Morgan fingerprint density at radius 1 is 1.26 bits per heavy atom. The van der Waals surface area contributed by atoms with Crippen molar-refractivity contribution in [1.29, 1.82) is 0 Å². The van der Waals surface area contributed by atoms with Gasteiger partial charge in [-0.05, 0) is 49.3 Å². The van der Waals surface area contributed by atoms with Gasteiger partial charge in [0, 0.05) is 6.54 Å². The van der Waals surface area contributed by atoms with Crippen LogP contribution >= 0.6 is 0 Å². The van der Waals surface area contributed by atoms with Crippen LogP contribution in [0.5, 0.6) is 0 Å². The number of hydrogen-bond acceptors (Lipinski definition) is 2.